The van der Waals surface area contributed by atoms with E-state index < -0.39 is 0 Å². The van der Waals surface area contributed by atoms with Crippen molar-refractivity contribution in [1.29, 1.82) is 0 Å². The third-order valence-electron chi connectivity index (χ3n) is 2.95. The number of nitrogens with one attached hydrogen (secondary N) is 2. The molecule has 0 saturated heterocycles. The molecule has 5 heteroatoms. The third kappa shape index (κ3) is 2.99. The lowest BCUT2D eigenvalue weighted by atomic mass is 10.2. The smallest absolute Gasteiger partial charge is 0.225 e. The largest absolute Gasteiger partial charge is 0.370 e. The van der Waals surface area contributed by atoms with Crippen LogP contribution in [0.3, 0.4) is 0 Å². The van der Waals surface area contributed by atoms with Crippen molar-refractivity contribution >= 4 is 11.8 Å². The number of anilines is 2. The van der Waals surface area contributed by atoms with Gasteiger partial charge in [0, 0.05) is 36.6 Å². The first-order valence-corrected chi connectivity index (χ1v) is 6.65. The molecule has 0 aromatic carbocycles. The van der Waals surface area contributed by atoms with Gasteiger partial charge in [-0.2, -0.15) is 4.98 Å². The van der Waals surface area contributed by atoms with Crippen LogP contribution in [0.4, 0.5) is 11.8 Å². The van der Waals surface area contributed by atoms with Crippen LogP contribution in [0.5, 0.6) is 0 Å². The van der Waals surface area contributed by atoms with Crippen LogP contribution >= 0.6 is 0 Å². The summed E-state index contributed by atoms with van der Waals surface area (Å²) in [6.45, 7) is 2.90. The number of rotatable bonds is 5. The maximum Gasteiger partial charge on any atom is 0.225 e. The van der Waals surface area contributed by atoms with Gasteiger partial charge in [0.25, 0.3) is 0 Å². The average molecular weight is 255 g/mol. The summed E-state index contributed by atoms with van der Waals surface area (Å²) in [5, 5.41) is 6.58. The lowest BCUT2D eigenvalue weighted by Gasteiger charge is -2.09. The first-order chi connectivity index (χ1) is 9.35. The highest BCUT2D eigenvalue weighted by Gasteiger charge is 2.22. The van der Waals surface area contributed by atoms with Crippen LogP contribution in [0, 0.1) is 0 Å². The number of pyridine rings is 1. The minimum atomic E-state index is 0.540. The molecule has 0 atom stereocenters. The van der Waals surface area contributed by atoms with Gasteiger partial charge in [0.05, 0.1) is 5.69 Å². The highest BCUT2D eigenvalue weighted by Crippen LogP contribution is 2.25. The number of aromatic nitrogens is 3. The van der Waals surface area contributed by atoms with Gasteiger partial charge >= 0.3 is 0 Å². The van der Waals surface area contributed by atoms with E-state index in [0.29, 0.717) is 12.0 Å². The van der Waals surface area contributed by atoms with Crippen LogP contribution in [-0.2, 0) is 0 Å². The van der Waals surface area contributed by atoms with Crippen molar-refractivity contribution in [3.8, 4) is 11.3 Å². The quantitative estimate of drug-likeness (QED) is 0.859. The minimum absolute atomic E-state index is 0.540. The van der Waals surface area contributed by atoms with Crippen LogP contribution < -0.4 is 10.6 Å². The fourth-order valence-corrected chi connectivity index (χ4v) is 1.86. The van der Waals surface area contributed by atoms with E-state index in [-0.39, 0.29) is 0 Å². The Bertz CT molecular complexity index is 551. The van der Waals surface area contributed by atoms with Crippen molar-refractivity contribution < 1.29 is 0 Å². The second-order valence-corrected chi connectivity index (χ2v) is 4.65. The molecular formula is C14H17N5. The molecule has 0 radical (unpaired) electrons. The monoisotopic (exact) mass is 255 g/mol. The van der Waals surface area contributed by atoms with E-state index in [0.717, 1.165) is 23.6 Å². The molecule has 19 heavy (non-hydrogen) atoms. The molecule has 2 N–H and O–H groups in total. The van der Waals surface area contributed by atoms with E-state index in [1.54, 1.807) is 6.20 Å². The predicted molar refractivity (Wildman–Crippen MR) is 76.1 cm³/mol. The summed E-state index contributed by atoms with van der Waals surface area (Å²) in [7, 11) is 0. The summed E-state index contributed by atoms with van der Waals surface area (Å²) in [5.74, 6) is 1.54. The molecule has 0 bridgehead atoms. The highest BCUT2D eigenvalue weighted by molar-refractivity contribution is 5.63. The Hall–Kier alpha value is -2.17. The van der Waals surface area contributed by atoms with E-state index >= 15 is 0 Å². The molecule has 0 spiro atoms. The Balaban J connectivity index is 1.94. The predicted octanol–water partition coefficient (Wildman–Crippen LogP) is 2.54. The molecule has 1 aliphatic rings. The minimum Gasteiger partial charge on any atom is -0.370 e. The average Bonchev–Trinajstić information content (AvgIpc) is 3.24. The Morgan fingerprint density at radius 3 is 2.89 bits per heavy atom. The lowest BCUT2D eigenvalue weighted by molar-refractivity contribution is 1.04. The van der Waals surface area contributed by atoms with Gasteiger partial charge in [-0.3, -0.25) is 4.98 Å². The fraction of sp³-hybridized carbons (Fsp3) is 0.357. The zero-order valence-electron chi connectivity index (χ0n) is 10.9. The van der Waals surface area contributed by atoms with Gasteiger partial charge in [0.15, 0.2) is 0 Å². The molecule has 1 saturated carbocycles. The van der Waals surface area contributed by atoms with Crippen molar-refractivity contribution in [3.05, 3.63) is 30.6 Å². The van der Waals surface area contributed by atoms with Gasteiger partial charge < -0.3 is 10.6 Å². The molecular weight excluding hydrogens is 238 g/mol. The fourth-order valence-electron chi connectivity index (χ4n) is 1.86. The molecule has 0 unspecified atom stereocenters. The van der Waals surface area contributed by atoms with Gasteiger partial charge in [0.1, 0.15) is 5.82 Å². The van der Waals surface area contributed by atoms with Crippen molar-refractivity contribution in [2.75, 3.05) is 17.2 Å². The summed E-state index contributed by atoms with van der Waals surface area (Å²) in [4.78, 5) is 13.2. The van der Waals surface area contributed by atoms with Gasteiger partial charge in [-0.05, 0) is 31.9 Å². The van der Waals surface area contributed by atoms with Crippen molar-refractivity contribution in [2.24, 2.45) is 0 Å². The first kappa shape index (κ1) is 11.9. The summed E-state index contributed by atoms with van der Waals surface area (Å²) >= 11 is 0. The van der Waals surface area contributed by atoms with Crippen molar-refractivity contribution in [3.63, 3.8) is 0 Å². The number of hydrogen-bond donors (Lipinski definition) is 2. The van der Waals surface area contributed by atoms with Crippen LogP contribution in [0.2, 0.25) is 0 Å². The van der Waals surface area contributed by atoms with E-state index in [1.165, 1.54) is 12.8 Å². The standard InChI is InChI=1S/C14H17N5/c1-2-16-13-8-12(10-4-3-7-15-9-10)18-14(19-13)17-11-5-6-11/h3-4,7-9,11H,2,5-6H2,1H3,(H2,16,17,18,19). The van der Waals surface area contributed by atoms with Crippen LogP contribution in [-0.4, -0.2) is 27.5 Å². The first-order valence-electron chi connectivity index (χ1n) is 6.65. The van der Waals surface area contributed by atoms with Gasteiger partial charge in [-0.1, -0.05) is 0 Å². The number of hydrogen-bond acceptors (Lipinski definition) is 5. The zero-order valence-corrected chi connectivity index (χ0v) is 10.9. The second-order valence-electron chi connectivity index (χ2n) is 4.65. The molecule has 2 heterocycles. The maximum atomic E-state index is 4.56. The van der Waals surface area contributed by atoms with Gasteiger partial charge in [0.2, 0.25) is 5.95 Å². The molecule has 98 valence electrons. The van der Waals surface area contributed by atoms with Crippen LogP contribution in [0.25, 0.3) is 11.3 Å². The maximum absolute atomic E-state index is 4.56. The summed E-state index contributed by atoms with van der Waals surface area (Å²) in [5.41, 5.74) is 1.89. The normalized spacial score (nSPS) is 14.2. The summed E-state index contributed by atoms with van der Waals surface area (Å²) in [6, 6.07) is 6.42. The Kier molecular flexibility index (Phi) is 3.27. The lowest BCUT2D eigenvalue weighted by Crippen LogP contribution is -2.09. The summed E-state index contributed by atoms with van der Waals surface area (Å²) in [6.07, 6.45) is 5.99. The van der Waals surface area contributed by atoms with E-state index in [4.69, 9.17) is 0 Å². The Morgan fingerprint density at radius 2 is 2.21 bits per heavy atom. The molecule has 0 amide bonds. The van der Waals surface area contributed by atoms with Crippen LogP contribution in [0.1, 0.15) is 19.8 Å². The molecule has 1 fully saturated rings. The molecule has 0 aliphatic heterocycles. The zero-order chi connectivity index (χ0) is 13.1. The Morgan fingerprint density at radius 1 is 1.32 bits per heavy atom. The summed E-state index contributed by atoms with van der Waals surface area (Å²) < 4.78 is 0. The third-order valence-corrected chi connectivity index (χ3v) is 2.95. The molecule has 5 nitrogen and oxygen atoms in total. The second kappa shape index (κ2) is 5.22. The van der Waals surface area contributed by atoms with Gasteiger partial charge in [-0.15, -0.1) is 0 Å². The number of nitrogens with zero attached hydrogens (tertiary/aromatic N) is 3. The van der Waals surface area contributed by atoms with E-state index in [9.17, 15) is 0 Å². The SMILES string of the molecule is CCNc1cc(-c2cccnc2)nc(NC2CC2)n1. The topological polar surface area (TPSA) is 62.7 Å². The van der Waals surface area contributed by atoms with E-state index in [1.807, 2.05) is 24.4 Å². The van der Waals surface area contributed by atoms with Crippen molar-refractivity contribution in [2.45, 2.75) is 25.8 Å². The molecule has 2 aromatic heterocycles. The molecule has 1 aliphatic carbocycles. The Labute approximate surface area is 112 Å². The van der Waals surface area contributed by atoms with E-state index in [2.05, 4.69) is 32.5 Å². The molecule has 3 rings (SSSR count). The van der Waals surface area contributed by atoms with Crippen molar-refractivity contribution in [1.82, 2.24) is 15.0 Å². The van der Waals surface area contributed by atoms with Gasteiger partial charge in [-0.25, -0.2) is 4.98 Å². The molecule has 2 aromatic rings. The van der Waals surface area contributed by atoms with Crippen LogP contribution in [0.15, 0.2) is 30.6 Å². The highest BCUT2D eigenvalue weighted by atomic mass is 15.2.